The van der Waals surface area contributed by atoms with Crippen molar-refractivity contribution in [1.82, 2.24) is 19.7 Å². The Bertz CT molecular complexity index is 1290. The highest BCUT2D eigenvalue weighted by Crippen LogP contribution is 2.37. The molecule has 0 N–H and O–H groups in total. The van der Waals surface area contributed by atoms with Gasteiger partial charge in [0.05, 0.1) is 29.0 Å². The van der Waals surface area contributed by atoms with Gasteiger partial charge >= 0.3 is 0 Å². The van der Waals surface area contributed by atoms with Crippen molar-refractivity contribution in [2.75, 3.05) is 38.8 Å². The number of anilines is 1. The van der Waals surface area contributed by atoms with Gasteiger partial charge in [-0.3, -0.25) is 4.98 Å². The summed E-state index contributed by atoms with van der Waals surface area (Å²) in [7, 11) is 3.39. The number of hydrogen-bond acceptors (Lipinski definition) is 7. The van der Waals surface area contributed by atoms with Gasteiger partial charge in [-0.05, 0) is 68.6 Å². The van der Waals surface area contributed by atoms with Crippen LogP contribution in [0.1, 0.15) is 68.0 Å². The van der Waals surface area contributed by atoms with Crippen LogP contribution in [0.15, 0.2) is 30.6 Å². The maximum Gasteiger partial charge on any atom is 0.240 e. The minimum absolute atomic E-state index is 0.161. The number of halogens is 1. The highest BCUT2D eigenvalue weighted by molar-refractivity contribution is 5.91. The zero-order valence-electron chi connectivity index (χ0n) is 22.2. The fourth-order valence-corrected chi connectivity index (χ4v) is 6.29. The van der Waals surface area contributed by atoms with Gasteiger partial charge in [0.2, 0.25) is 5.95 Å². The molecule has 0 radical (unpaired) electrons. The molecule has 3 aromatic rings. The number of fused-ring (bicyclic) bond motifs is 3. The number of rotatable bonds is 6. The average Bonchev–Trinajstić information content (AvgIpc) is 3.16. The minimum atomic E-state index is -0.415. The number of aryl methyl sites for hydroxylation is 1. The van der Waals surface area contributed by atoms with E-state index in [4.69, 9.17) is 24.2 Å². The molecule has 1 atom stereocenters. The molecular weight excluding hydrogens is 485 g/mol. The lowest BCUT2D eigenvalue weighted by atomic mass is 9.94. The summed E-state index contributed by atoms with van der Waals surface area (Å²) in [5.41, 5.74) is 4.66. The number of ether oxygens (including phenoxy) is 3. The second kappa shape index (κ2) is 11.1. The number of benzene rings is 1. The first kappa shape index (κ1) is 25.4. The largest absolute Gasteiger partial charge is 0.356 e. The lowest BCUT2D eigenvalue weighted by Crippen LogP contribution is -2.39. The lowest BCUT2D eigenvalue weighted by Gasteiger charge is -2.35. The summed E-state index contributed by atoms with van der Waals surface area (Å²) < 4.78 is 33.9. The Morgan fingerprint density at radius 2 is 1.87 bits per heavy atom. The van der Waals surface area contributed by atoms with Gasteiger partial charge in [-0.1, -0.05) is 12.1 Å². The SMILES string of the molecule is COC(OC)C1CCN(c2cnc(C3=CCCCc4c3ccc3c4c(F)nn3C3CCCCO3)cn2)CC1. The van der Waals surface area contributed by atoms with Crippen LogP contribution in [0.3, 0.4) is 0 Å². The van der Waals surface area contributed by atoms with Gasteiger partial charge in [0.25, 0.3) is 0 Å². The Labute approximate surface area is 222 Å². The molecule has 2 fully saturated rings. The molecule has 0 amide bonds. The van der Waals surface area contributed by atoms with E-state index in [2.05, 4.69) is 22.1 Å². The number of nitrogens with zero attached hydrogens (tertiary/aromatic N) is 5. The van der Waals surface area contributed by atoms with Gasteiger partial charge < -0.3 is 19.1 Å². The maximum atomic E-state index is 15.3. The number of allylic oxidation sites excluding steroid dienone is 1. The van der Waals surface area contributed by atoms with Crippen LogP contribution in [0.4, 0.5) is 10.2 Å². The number of hydrogen-bond donors (Lipinski definition) is 0. The smallest absolute Gasteiger partial charge is 0.240 e. The summed E-state index contributed by atoms with van der Waals surface area (Å²) in [6.45, 7) is 2.47. The van der Waals surface area contributed by atoms with Crippen LogP contribution < -0.4 is 4.90 Å². The zero-order valence-corrected chi connectivity index (χ0v) is 22.2. The van der Waals surface area contributed by atoms with E-state index in [1.165, 1.54) is 0 Å². The first-order chi connectivity index (χ1) is 18.7. The van der Waals surface area contributed by atoms with Crippen molar-refractivity contribution in [3.8, 4) is 0 Å². The summed E-state index contributed by atoms with van der Waals surface area (Å²) in [5, 5.41) is 4.91. The van der Waals surface area contributed by atoms with E-state index in [0.717, 1.165) is 98.2 Å². The standard InChI is InChI=1S/C29H36FN5O3/c1-36-29(37-2)19-12-14-34(15-13-19)25-18-31-23(17-32-25)21-7-3-4-8-22-20(21)10-11-24-27(22)28(30)33-35(24)26-9-5-6-16-38-26/h7,10-11,17-19,26,29H,3-6,8-9,12-16H2,1-2H3. The molecule has 1 aromatic carbocycles. The van der Waals surface area contributed by atoms with Crippen LogP contribution in [0.5, 0.6) is 0 Å². The predicted octanol–water partition coefficient (Wildman–Crippen LogP) is 5.27. The topological polar surface area (TPSA) is 74.5 Å². The highest BCUT2D eigenvalue weighted by Gasteiger charge is 2.28. The van der Waals surface area contributed by atoms with Crippen molar-refractivity contribution in [2.24, 2.45) is 5.92 Å². The molecule has 2 aliphatic heterocycles. The molecule has 8 nitrogen and oxygen atoms in total. The van der Waals surface area contributed by atoms with Crippen molar-refractivity contribution in [2.45, 2.75) is 63.9 Å². The second-order valence-corrected chi connectivity index (χ2v) is 10.5. The maximum absolute atomic E-state index is 15.3. The van der Waals surface area contributed by atoms with E-state index in [0.29, 0.717) is 17.9 Å². The Hall–Kier alpha value is -2.88. The predicted molar refractivity (Wildman–Crippen MR) is 143 cm³/mol. The van der Waals surface area contributed by atoms with E-state index < -0.39 is 5.95 Å². The molecule has 202 valence electrons. The van der Waals surface area contributed by atoms with E-state index in [1.807, 2.05) is 18.5 Å². The van der Waals surface area contributed by atoms with Crippen LogP contribution in [0, 0.1) is 11.9 Å². The summed E-state index contributed by atoms with van der Waals surface area (Å²) in [4.78, 5) is 11.9. The third-order valence-electron chi connectivity index (χ3n) is 8.26. The molecule has 1 aliphatic carbocycles. The van der Waals surface area contributed by atoms with Crippen LogP contribution in [0.2, 0.25) is 0 Å². The molecule has 4 heterocycles. The van der Waals surface area contributed by atoms with Crippen molar-refractivity contribution in [3.63, 3.8) is 0 Å². The van der Waals surface area contributed by atoms with Gasteiger partial charge in [0.15, 0.2) is 12.5 Å². The highest BCUT2D eigenvalue weighted by atomic mass is 19.1. The number of piperidine rings is 1. The van der Waals surface area contributed by atoms with Gasteiger partial charge in [-0.15, -0.1) is 5.10 Å². The molecule has 0 spiro atoms. The summed E-state index contributed by atoms with van der Waals surface area (Å²) in [5.74, 6) is 0.844. The van der Waals surface area contributed by atoms with Gasteiger partial charge in [0.1, 0.15) is 5.82 Å². The number of methoxy groups -OCH3 is 2. The first-order valence-electron chi connectivity index (χ1n) is 13.8. The lowest BCUT2D eigenvalue weighted by molar-refractivity contribution is -0.141. The van der Waals surface area contributed by atoms with E-state index in [1.54, 1.807) is 18.9 Å². The molecule has 6 rings (SSSR count). The molecule has 0 saturated carbocycles. The van der Waals surface area contributed by atoms with Crippen LogP contribution in [0.25, 0.3) is 16.5 Å². The molecule has 2 saturated heterocycles. The quantitative estimate of drug-likeness (QED) is 0.409. The number of aromatic nitrogens is 4. The van der Waals surface area contributed by atoms with Crippen LogP contribution >= 0.6 is 0 Å². The van der Waals surface area contributed by atoms with Crippen molar-refractivity contribution >= 4 is 22.3 Å². The van der Waals surface area contributed by atoms with Crippen LogP contribution in [-0.4, -0.2) is 60.0 Å². The first-order valence-corrected chi connectivity index (χ1v) is 13.8. The molecule has 38 heavy (non-hydrogen) atoms. The van der Waals surface area contributed by atoms with Crippen molar-refractivity contribution in [1.29, 1.82) is 0 Å². The zero-order chi connectivity index (χ0) is 26.1. The minimum Gasteiger partial charge on any atom is -0.356 e. The summed E-state index contributed by atoms with van der Waals surface area (Å²) in [6, 6.07) is 4.08. The normalized spacial score (nSPS) is 21.0. The van der Waals surface area contributed by atoms with E-state index >= 15 is 4.39 Å². The van der Waals surface area contributed by atoms with E-state index in [9.17, 15) is 0 Å². The van der Waals surface area contributed by atoms with Gasteiger partial charge in [-0.25, -0.2) is 9.67 Å². The van der Waals surface area contributed by atoms with Crippen molar-refractivity contribution < 1.29 is 18.6 Å². The monoisotopic (exact) mass is 521 g/mol. The van der Waals surface area contributed by atoms with Gasteiger partial charge in [0, 0.05) is 45.4 Å². The Morgan fingerprint density at radius 3 is 2.58 bits per heavy atom. The molecule has 0 bridgehead atoms. The molecule has 3 aliphatic rings. The van der Waals surface area contributed by atoms with Gasteiger partial charge in [-0.2, -0.15) is 4.39 Å². The van der Waals surface area contributed by atoms with E-state index in [-0.39, 0.29) is 12.5 Å². The molecular formula is C29H36FN5O3. The fourth-order valence-electron chi connectivity index (χ4n) is 6.29. The van der Waals surface area contributed by atoms with Crippen molar-refractivity contribution in [3.05, 3.63) is 53.4 Å². The summed E-state index contributed by atoms with van der Waals surface area (Å²) >= 11 is 0. The Morgan fingerprint density at radius 1 is 1.03 bits per heavy atom. The third kappa shape index (κ3) is 4.72. The summed E-state index contributed by atoms with van der Waals surface area (Å²) in [6.07, 6.45) is 13.2. The fraction of sp³-hybridized carbons (Fsp3) is 0.552. The Balaban J connectivity index is 1.26. The second-order valence-electron chi connectivity index (χ2n) is 10.5. The Kier molecular flexibility index (Phi) is 7.41. The average molecular weight is 522 g/mol. The third-order valence-corrected chi connectivity index (χ3v) is 8.26. The molecule has 9 heteroatoms. The molecule has 1 unspecified atom stereocenters. The van der Waals surface area contributed by atoms with Crippen LogP contribution in [-0.2, 0) is 20.6 Å². The molecule has 2 aromatic heterocycles.